The number of aliphatic hydroxyl groups excluding tert-OH is 1. The van der Waals surface area contributed by atoms with Gasteiger partial charge in [0, 0.05) is 24.3 Å². The van der Waals surface area contributed by atoms with Crippen molar-refractivity contribution in [2.24, 2.45) is 5.73 Å². The third-order valence-corrected chi connectivity index (χ3v) is 3.13. The minimum absolute atomic E-state index is 0.133. The predicted octanol–water partition coefficient (Wildman–Crippen LogP) is 2.23. The largest absolute Gasteiger partial charge is 0.395 e. The van der Waals surface area contributed by atoms with Crippen molar-refractivity contribution in [3.8, 4) is 0 Å². The molecule has 0 amide bonds. The molecule has 3 nitrogen and oxygen atoms in total. The Morgan fingerprint density at radius 3 is 2.67 bits per heavy atom. The minimum atomic E-state index is 0.133. The molecule has 0 aliphatic heterocycles. The Morgan fingerprint density at radius 2 is 2.11 bits per heavy atom. The number of unbranched alkanes of at least 4 members (excludes halogenated alkanes) is 1. The molecule has 0 heterocycles. The number of nitrogens with zero attached hydrogens (tertiary/aromatic N) is 1. The molecule has 0 aliphatic rings. The summed E-state index contributed by atoms with van der Waals surface area (Å²) in [5.74, 6) is 0. The maximum atomic E-state index is 9.18. The molecule has 0 aliphatic carbocycles. The number of benzene rings is 1. The standard InChI is InChI=1S/C14H22N2OS/c1-3-4-7-16(8-9-17)13-6-5-11(2)10-12(13)14(15)18/h5-6,10,17H,3-4,7-9H2,1-2H3,(H2,15,18). The van der Waals surface area contributed by atoms with Gasteiger partial charge >= 0.3 is 0 Å². The lowest BCUT2D eigenvalue weighted by molar-refractivity contribution is 0.301. The number of hydrogen-bond acceptors (Lipinski definition) is 3. The fourth-order valence-corrected chi connectivity index (χ4v) is 2.11. The summed E-state index contributed by atoms with van der Waals surface area (Å²) in [4.78, 5) is 2.56. The Labute approximate surface area is 115 Å². The Bertz CT molecular complexity index is 407. The molecule has 0 saturated carbocycles. The van der Waals surface area contributed by atoms with E-state index in [0.29, 0.717) is 11.5 Å². The number of hydrogen-bond donors (Lipinski definition) is 2. The van der Waals surface area contributed by atoms with E-state index >= 15 is 0 Å². The molecule has 4 heteroatoms. The molecule has 3 N–H and O–H groups in total. The van der Waals surface area contributed by atoms with Gasteiger partial charge in [0.2, 0.25) is 0 Å². The van der Waals surface area contributed by atoms with Gasteiger partial charge < -0.3 is 15.7 Å². The van der Waals surface area contributed by atoms with E-state index in [1.54, 1.807) is 0 Å². The second-order valence-corrected chi connectivity index (χ2v) is 4.89. The lowest BCUT2D eigenvalue weighted by atomic mass is 10.1. The van der Waals surface area contributed by atoms with Gasteiger partial charge in [0.1, 0.15) is 4.99 Å². The number of aryl methyl sites for hydroxylation is 1. The Morgan fingerprint density at radius 1 is 1.39 bits per heavy atom. The van der Waals surface area contributed by atoms with Gasteiger partial charge in [-0.15, -0.1) is 0 Å². The number of anilines is 1. The van der Waals surface area contributed by atoms with Crippen LogP contribution >= 0.6 is 12.2 Å². The van der Waals surface area contributed by atoms with Crippen molar-refractivity contribution in [2.75, 3.05) is 24.6 Å². The van der Waals surface area contributed by atoms with Crippen LogP contribution < -0.4 is 10.6 Å². The van der Waals surface area contributed by atoms with Crippen LogP contribution in [0.3, 0.4) is 0 Å². The van der Waals surface area contributed by atoms with Crippen molar-refractivity contribution in [3.63, 3.8) is 0 Å². The first kappa shape index (κ1) is 14.9. The van der Waals surface area contributed by atoms with Crippen LogP contribution in [0.4, 0.5) is 5.69 Å². The minimum Gasteiger partial charge on any atom is -0.395 e. The smallest absolute Gasteiger partial charge is 0.106 e. The van der Waals surface area contributed by atoms with E-state index in [2.05, 4.69) is 11.8 Å². The maximum Gasteiger partial charge on any atom is 0.106 e. The third-order valence-electron chi connectivity index (χ3n) is 2.91. The quantitative estimate of drug-likeness (QED) is 0.743. The van der Waals surface area contributed by atoms with E-state index < -0.39 is 0 Å². The summed E-state index contributed by atoms with van der Waals surface area (Å²) in [5.41, 5.74) is 8.85. The van der Waals surface area contributed by atoms with Gasteiger partial charge in [-0.05, 0) is 25.5 Å². The molecule has 100 valence electrons. The molecule has 0 bridgehead atoms. The number of nitrogens with two attached hydrogens (primary N) is 1. The second-order valence-electron chi connectivity index (χ2n) is 4.45. The van der Waals surface area contributed by atoms with Crippen LogP contribution in [-0.4, -0.2) is 29.8 Å². The molecular formula is C14H22N2OS. The first-order valence-electron chi connectivity index (χ1n) is 6.36. The summed E-state index contributed by atoms with van der Waals surface area (Å²) in [6.07, 6.45) is 2.21. The molecular weight excluding hydrogens is 244 g/mol. The fraction of sp³-hybridized carbons (Fsp3) is 0.500. The van der Waals surface area contributed by atoms with Gasteiger partial charge in [-0.3, -0.25) is 0 Å². The number of aliphatic hydroxyl groups is 1. The fourth-order valence-electron chi connectivity index (χ4n) is 1.95. The van der Waals surface area contributed by atoms with E-state index in [1.165, 1.54) is 0 Å². The van der Waals surface area contributed by atoms with Crippen LogP contribution in [0.1, 0.15) is 30.9 Å². The van der Waals surface area contributed by atoms with Gasteiger partial charge in [-0.1, -0.05) is 37.2 Å². The van der Waals surface area contributed by atoms with Crippen molar-refractivity contribution in [2.45, 2.75) is 26.7 Å². The lowest BCUT2D eigenvalue weighted by Gasteiger charge is -2.26. The van der Waals surface area contributed by atoms with E-state index in [0.717, 1.165) is 36.2 Å². The maximum absolute atomic E-state index is 9.18. The van der Waals surface area contributed by atoms with Gasteiger partial charge in [0.05, 0.1) is 6.61 Å². The summed E-state index contributed by atoms with van der Waals surface area (Å²) in [5, 5.41) is 9.18. The van der Waals surface area contributed by atoms with Crippen molar-refractivity contribution in [1.29, 1.82) is 0 Å². The first-order valence-corrected chi connectivity index (χ1v) is 6.77. The average Bonchev–Trinajstić information content (AvgIpc) is 2.34. The summed E-state index contributed by atoms with van der Waals surface area (Å²) >= 11 is 5.11. The van der Waals surface area contributed by atoms with E-state index in [1.807, 2.05) is 25.1 Å². The zero-order valence-corrected chi connectivity index (χ0v) is 12.0. The van der Waals surface area contributed by atoms with Crippen LogP contribution in [0.5, 0.6) is 0 Å². The van der Waals surface area contributed by atoms with E-state index in [-0.39, 0.29) is 6.61 Å². The monoisotopic (exact) mass is 266 g/mol. The highest BCUT2D eigenvalue weighted by molar-refractivity contribution is 7.80. The Kier molecular flexibility index (Phi) is 6.09. The molecule has 0 spiro atoms. The van der Waals surface area contributed by atoms with Crippen molar-refractivity contribution in [1.82, 2.24) is 0 Å². The third kappa shape index (κ3) is 3.96. The molecule has 0 aromatic heterocycles. The van der Waals surface area contributed by atoms with Crippen LogP contribution in [0.15, 0.2) is 18.2 Å². The summed E-state index contributed by atoms with van der Waals surface area (Å²) in [6.45, 7) is 5.83. The van der Waals surface area contributed by atoms with Crippen molar-refractivity contribution < 1.29 is 5.11 Å². The molecule has 18 heavy (non-hydrogen) atoms. The van der Waals surface area contributed by atoms with Crippen LogP contribution in [0.2, 0.25) is 0 Å². The molecule has 1 rings (SSSR count). The van der Waals surface area contributed by atoms with Crippen LogP contribution in [-0.2, 0) is 0 Å². The SMILES string of the molecule is CCCCN(CCO)c1ccc(C)cc1C(N)=S. The Balaban J connectivity index is 3.05. The zero-order chi connectivity index (χ0) is 13.5. The average molecular weight is 266 g/mol. The molecule has 0 unspecified atom stereocenters. The van der Waals surface area contributed by atoms with Gasteiger partial charge in [0.15, 0.2) is 0 Å². The van der Waals surface area contributed by atoms with Gasteiger partial charge in [-0.2, -0.15) is 0 Å². The highest BCUT2D eigenvalue weighted by Gasteiger charge is 2.12. The molecule has 0 radical (unpaired) electrons. The summed E-state index contributed by atoms with van der Waals surface area (Å²) in [6, 6.07) is 6.09. The van der Waals surface area contributed by atoms with E-state index in [4.69, 9.17) is 18.0 Å². The van der Waals surface area contributed by atoms with Crippen LogP contribution in [0, 0.1) is 6.92 Å². The lowest BCUT2D eigenvalue weighted by Crippen LogP contribution is -2.30. The molecule has 1 aromatic rings. The number of rotatable bonds is 7. The molecule has 0 saturated heterocycles. The molecule has 1 aromatic carbocycles. The van der Waals surface area contributed by atoms with Crippen molar-refractivity contribution in [3.05, 3.63) is 29.3 Å². The molecule has 0 fully saturated rings. The second kappa shape index (κ2) is 7.34. The van der Waals surface area contributed by atoms with Gasteiger partial charge in [-0.25, -0.2) is 0 Å². The van der Waals surface area contributed by atoms with Crippen molar-refractivity contribution >= 4 is 22.9 Å². The number of thiocarbonyl (C=S) groups is 1. The zero-order valence-electron chi connectivity index (χ0n) is 11.1. The van der Waals surface area contributed by atoms with Gasteiger partial charge in [0.25, 0.3) is 0 Å². The molecule has 0 atom stereocenters. The highest BCUT2D eigenvalue weighted by Crippen LogP contribution is 2.22. The van der Waals surface area contributed by atoms with E-state index in [9.17, 15) is 5.11 Å². The highest BCUT2D eigenvalue weighted by atomic mass is 32.1. The topological polar surface area (TPSA) is 49.5 Å². The summed E-state index contributed by atoms with van der Waals surface area (Å²) in [7, 11) is 0. The predicted molar refractivity (Wildman–Crippen MR) is 81.3 cm³/mol. The Hall–Kier alpha value is -1.13. The normalized spacial score (nSPS) is 10.4. The first-order chi connectivity index (χ1) is 8.60. The van der Waals surface area contributed by atoms with Crippen LogP contribution in [0.25, 0.3) is 0 Å². The summed E-state index contributed by atoms with van der Waals surface area (Å²) < 4.78 is 0.